The number of likely N-dealkylation sites (tertiary alicyclic amines) is 1. The van der Waals surface area contributed by atoms with Crippen LogP contribution in [-0.2, 0) is 4.74 Å². The molecule has 1 aliphatic heterocycles. The number of hydrogen-bond acceptors (Lipinski definition) is 4. The molecule has 1 saturated heterocycles. The molecule has 0 amide bonds. The standard InChI is InChI=1S/C10H21NO3/c1-2-3-5-14-6-4-11-7-9(12)10(13)8-11/h9-10,12-13H,2-8H2,1H3. The molecule has 0 radical (unpaired) electrons. The second-order valence-corrected chi connectivity index (χ2v) is 3.86. The molecule has 4 heteroatoms. The van der Waals surface area contributed by atoms with Crippen LogP contribution < -0.4 is 0 Å². The van der Waals surface area contributed by atoms with Crippen molar-refractivity contribution in [1.29, 1.82) is 0 Å². The van der Waals surface area contributed by atoms with Gasteiger partial charge < -0.3 is 14.9 Å². The summed E-state index contributed by atoms with van der Waals surface area (Å²) in [5, 5.41) is 18.6. The van der Waals surface area contributed by atoms with Gasteiger partial charge in [0.05, 0.1) is 18.8 Å². The number of rotatable bonds is 6. The summed E-state index contributed by atoms with van der Waals surface area (Å²) in [6.45, 7) is 5.58. The molecule has 84 valence electrons. The number of aliphatic hydroxyl groups excluding tert-OH is 2. The fourth-order valence-electron chi connectivity index (χ4n) is 1.57. The zero-order valence-electron chi connectivity index (χ0n) is 8.85. The summed E-state index contributed by atoms with van der Waals surface area (Å²) in [6, 6.07) is 0. The van der Waals surface area contributed by atoms with Crippen LogP contribution in [0.1, 0.15) is 19.8 Å². The molecule has 2 N–H and O–H groups in total. The molecule has 0 aliphatic carbocycles. The third-order valence-electron chi connectivity index (χ3n) is 2.53. The lowest BCUT2D eigenvalue weighted by atomic mass is 10.3. The Kier molecular flexibility index (Phi) is 5.40. The van der Waals surface area contributed by atoms with Gasteiger partial charge in [-0.05, 0) is 6.42 Å². The van der Waals surface area contributed by atoms with Gasteiger partial charge in [0.15, 0.2) is 0 Å². The van der Waals surface area contributed by atoms with Crippen LogP contribution in [0.5, 0.6) is 0 Å². The molecular formula is C10H21NO3. The van der Waals surface area contributed by atoms with E-state index >= 15 is 0 Å². The van der Waals surface area contributed by atoms with E-state index in [0.717, 1.165) is 26.0 Å². The van der Waals surface area contributed by atoms with Gasteiger partial charge in [0.25, 0.3) is 0 Å². The van der Waals surface area contributed by atoms with Gasteiger partial charge in [-0.15, -0.1) is 0 Å². The molecule has 1 rings (SSSR count). The van der Waals surface area contributed by atoms with Crippen LogP contribution in [-0.4, -0.2) is 60.2 Å². The Morgan fingerprint density at radius 2 is 1.86 bits per heavy atom. The van der Waals surface area contributed by atoms with Crippen LogP contribution in [0.2, 0.25) is 0 Å². The Balaban J connectivity index is 1.97. The highest BCUT2D eigenvalue weighted by atomic mass is 16.5. The quantitative estimate of drug-likeness (QED) is 0.589. The molecule has 0 aromatic carbocycles. The molecule has 1 aliphatic rings. The largest absolute Gasteiger partial charge is 0.389 e. The second kappa shape index (κ2) is 6.35. The summed E-state index contributed by atoms with van der Waals surface area (Å²) >= 11 is 0. The molecule has 0 aromatic rings. The highest BCUT2D eigenvalue weighted by Gasteiger charge is 2.28. The van der Waals surface area contributed by atoms with Gasteiger partial charge >= 0.3 is 0 Å². The van der Waals surface area contributed by atoms with E-state index in [0.29, 0.717) is 19.7 Å². The minimum absolute atomic E-state index is 0.568. The Hall–Kier alpha value is -0.160. The van der Waals surface area contributed by atoms with Gasteiger partial charge in [-0.3, -0.25) is 4.90 Å². The van der Waals surface area contributed by atoms with Crippen molar-refractivity contribution in [3.63, 3.8) is 0 Å². The number of β-amino-alcohol motifs (C(OH)–C–C–N with tert-alkyl or cyclic N) is 2. The smallest absolute Gasteiger partial charge is 0.0938 e. The highest BCUT2D eigenvalue weighted by Crippen LogP contribution is 2.08. The highest BCUT2D eigenvalue weighted by molar-refractivity contribution is 4.82. The first-order valence-electron chi connectivity index (χ1n) is 5.40. The van der Waals surface area contributed by atoms with E-state index in [2.05, 4.69) is 6.92 Å². The number of unbranched alkanes of at least 4 members (excludes halogenated alkanes) is 1. The maximum absolute atomic E-state index is 9.28. The van der Waals surface area contributed by atoms with E-state index in [1.165, 1.54) is 0 Å². The Labute approximate surface area is 85.5 Å². The third kappa shape index (κ3) is 3.92. The van der Waals surface area contributed by atoms with Crippen molar-refractivity contribution in [2.24, 2.45) is 0 Å². The molecule has 1 heterocycles. The van der Waals surface area contributed by atoms with E-state index < -0.39 is 12.2 Å². The fourth-order valence-corrected chi connectivity index (χ4v) is 1.57. The second-order valence-electron chi connectivity index (χ2n) is 3.86. The van der Waals surface area contributed by atoms with Crippen LogP contribution in [0.4, 0.5) is 0 Å². The van der Waals surface area contributed by atoms with Gasteiger partial charge in [-0.1, -0.05) is 13.3 Å². The Morgan fingerprint density at radius 3 is 2.43 bits per heavy atom. The summed E-state index contributed by atoms with van der Waals surface area (Å²) in [6.07, 6.45) is 1.10. The van der Waals surface area contributed by atoms with Crippen molar-refractivity contribution in [2.75, 3.05) is 32.8 Å². The summed E-state index contributed by atoms with van der Waals surface area (Å²) < 4.78 is 5.40. The molecular weight excluding hydrogens is 182 g/mol. The Morgan fingerprint density at radius 1 is 1.21 bits per heavy atom. The maximum atomic E-state index is 9.28. The van der Waals surface area contributed by atoms with Gasteiger partial charge in [-0.25, -0.2) is 0 Å². The first kappa shape index (κ1) is 11.9. The molecule has 0 bridgehead atoms. The summed E-state index contributed by atoms with van der Waals surface area (Å²) in [5.41, 5.74) is 0. The van der Waals surface area contributed by atoms with Crippen molar-refractivity contribution in [3.8, 4) is 0 Å². The van der Waals surface area contributed by atoms with Crippen LogP contribution in [0.3, 0.4) is 0 Å². The normalized spacial score (nSPS) is 28.5. The predicted octanol–water partition coefficient (Wildman–Crippen LogP) is -0.160. The zero-order valence-corrected chi connectivity index (χ0v) is 8.85. The van der Waals surface area contributed by atoms with Crippen molar-refractivity contribution in [1.82, 2.24) is 4.90 Å². The van der Waals surface area contributed by atoms with Gasteiger partial charge in [0.1, 0.15) is 0 Å². The SMILES string of the molecule is CCCCOCCN1CC(O)C(O)C1. The Bertz CT molecular complexity index is 144. The minimum Gasteiger partial charge on any atom is -0.389 e. The van der Waals surface area contributed by atoms with E-state index in [9.17, 15) is 10.2 Å². The lowest BCUT2D eigenvalue weighted by Crippen LogP contribution is -2.26. The number of ether oxygens (including phenoxy) is 1. The van der Waals surface area contributed by atoms with E-state index in [1.54, 1.807) is 0 Å². The first-order chi connectivity index (χ1) is 6.74. The lowest BCUT2D eigenvalue weighted by Gasteiger charge is -2.14. The summed E-state index contributed by atoms with van der Waals surface area (Å²) in [5.74, 6) is 0. The first-order valence-corrected chi connectivity index (χ1v) is 5.40. The van der Waals surface area contributed by atoms with Gasteiger partial charge in [-0.2, -0.15) is 0 Å². The number of aliphatic hydroxyl groups is 2. The monoisotopic (exact) mass is 203 g/mol. The zero-order chi connectivity index (χ0) is 10.4. The molecule has 4 nitrogen and oxygen atoms in total. The van der Waals surface area contributed by atoms with Crippen molar-refractivity contribution >= 4 is 0 Å². The van der Waals surface area contributed by atoms with E-state index in [-0.39, 0.29) is 0 Å². The fraction of sp³-hybridized carbons (Fsp3) is 1.00. The maximum Gasteiger partial charge on any atom is 0.0938 e. The van der Waals surface area contributed by atoms with Crippen LogP contribution >= 0.6 is 0 Å². The molecule has 1 fully saturated rings. The number of hydrogen-bond donors (Lipinski definition) is 2. The van der Waals surface area contributed by atoms with E-state index in [4.69, 9.17) is 4.74 Å². The van der Waals surface area contributed by atoms with Crippen molar-refractivity contribution < 1.29 is 14.9 Å². The lowest BCUT2D eigenvalue weighted by molar-refractivity contribution is 0.0572. The van der Waals surface area contributed by atoms with Crippen LogP contribution in [0.15, 0.2) is 0 Å². The summed E-state index contributed by atoms with van der Waals surface area (Å²) in [4.78, 5) is 2.03. The molecule has 0 aromatic heterocycles. The molecule has 2 atom stereocenters. The topological polar surface area (TPSA) is 52.9 Å². The van der Waals surface area contributed by atoms with Gasteiger partial charge in [0.2, 0.25) is 0 Å². The predicted molar refractivity (Wildman–Crippen MR) is 54.2 cm³/mol. The van der Waals surface area contributed by atoms with Crippen molar-refractivity contribution in [3.05, 3.63) is 0 Å². The molecule has 0 saturated carbocycles. The summed E-state index contributed by atoms with van der Waals surface area (Å²) in [7, 11) is 0. The third-order valence-corrected chi connectivity index (χ3v) is 2.53. The van der Waals surface area contributed by atoms with Crippen LogP contribution in [0, 0.1) is 0 Å². The molecule has 0 spiro atoms. The van der Waals surface area contributed by atoms with Crippen LogP contribution in [0.25, 0.3) is 0 Å². The molecule has 2 unspecified atom stereocenters. The van der Waals surface area contributed by atoms with E-state index in [1.807, 2.05) is 4.90 Å². The number of nitrogens with zero attached hydrogens (tertiary/aromatic N) is 1. The average Bonchev–Trinajstić information content (AvgIpc) is 2.46. The minimum atomic E-state index is -0.578. The average molecular weight is 203 g/mol. The van der Waals surface area contributed by atoms with Gasteiger partial charge in [0, 0.05) is 26.2 Å². The molecule has 14 heavy (non-hydrogen) atoms. The van der Waals surface area contributed by atoms with Crippen molar-refractivity contribution in [2.45, 2.75) is 32.0 Å².